The number of aromatic nitrogens is 2. The Morgan fingerprint density at radius 3 is 2.86 bits per heavy atom. The zero-order chi connectivity index (χ0) is 10.6. The first-order valence-corrected chi connectivity index (χ1v) is 4.92. The fourth-order valence-corrected chi connectivity index (χ4v) is 1.31. The summed E-state index contributed by atoms with van der Waals surface area (Å²) in [5, 5.41) is 13.1. The number of hydrogen-bond donors (Lipinski definition) is 2. The number of aryl methyl sites for hydroxylation is 2. The van der Waals surface area contributed by atoms with Crippen molar-refractivity contribution in [3.05, 3.63) is 18.0 Å². The van der Waals surface area contributed by atoms with Crippen molar-refractivity contribution in [2.24, 2.45) is 5.73 Å². The van der Waals surface area contributed by atoms with Crippen LogP contribution >= 0.6 is 0 Å². The van der Waals surface area contributed by atoms with E-state index in [1.807, 2.05) is 30.9 Å². The summed E-state index contributed by atoms with van der Waals surface area (Å²) in [6.45, 7) is 4.78. The normalized spacial score (nSPS) is 15.4. The standard InChI is InChI=1S/C10H19N3O/c1-9-6-12-13(7-9)5-3-4-10(2,11)8-14/h6-7,14H,3-5,8,11H2,1-2H3. The number of aliphatic hydroxyl groups is 1. The smallest absolute Gasteiger partial charge is 0.0608 e. The number of aliphatic hydroxyl groups excluding tert-OH is 1. The topological polar surface area (TPSA) is 64.1 Å². The summed E-state index contributed by atoms with van der Waals surface area (Å²) in [5.74, 6) is 0. The van der Waals surface area contributed by atoms with Crippen LogP contribution in [0.1, 0.15) is 25.3 Å². The zero-order valence-corrected chi connectivity index (χ0v) is 8.90. The van der Waals surface area contributed by atoms with Gasteiger partial charge in [-0.3, -0.25) is 4.68 Å². The highest BCUT2D eigenvalue weighted by atomic mass is 16.3. The molecule has 3 N–H and O–H groups in total. The Bertz CT molecular complexity index is 281. The van der Waals surface area contributed by atoms with Gasteiger partial charge in [0.15, 0.2) is 0 Å². The van der Waals surface area contributed by atoms with Crippen molar-refractivity contribution in [2.75, 3.05) is 6.61 Å². The third-order valence-corrected chi connectivity index (χ3v) is 2.26. The van der Waals surface area contributed by atoms with Gasteiger partial charge in [-0.1, -0.05) is 0 Å². The summed E-state index contributed by atoms with van der Waals surface area (Å²) in [6.07, 6.45) is 5.59. The lowest BCUT2D eigenvalue weighted by Gasteiger charge is -2.21. The van der Waals surface area contributed by atoms with Gasteiger partial charge in [0.25, 0.3) is 0 Å². The van der Waals surface area contributed by atoms with Crippen molar-refractivity contribution in [1.82, 2.24) is 9.78 Å². The van der Waals surface area contributed by atoms with Gasteiger partial charge in [0.1, 0.15) is 0 Å². The zero-order valence-electron chi connectivity index (χ0n) is 8.90. The minimum atomic E-state index is -0.456. The summed E-state index contributed by atoms with van der Waals surface area (Å²) < 4.78 is 1.91. The lowest BCUT2D eigenvalue weighted by atomic mass is 9.99. The Kier molecular flexibility index (Phi) is 3.66. The number of nitrogens with two attached hydrogens (primary N) is 1. The molecular weight excluding hydrogens is 178 g/mol. The molecule has 0 amide bonds. The maximum Gasteiger partial charge on any atom is 0.0608 e. The SMILES string of the molecule is Cc1cnn(CCCC(C)(N)CO)c1. The molecule has 1 rings (SSSR count). The highest BCUT2D eigenvalue weighted by molar-refractivity contribution is 4.99. The van der Waals surface area contributed by atoms with Crippen LogP contribution in [-0.4, -0.2) is 27.0 Å². The van der Waals surface area contributed by atoms with E-state index in [2.05, 4.69) is 5.10 Å². The van der Waals surface area contributed by atoms with E-state index in [4.69, 9.17) is 10.8 Å². The molecule has 1 unspecified atom stereocenters. The Labute approximate surface area is 84.7 Å². The van der Waals surface area contributed by atoms with Gasteiger partial charge in [0.2, 0.25) is 0 Å². The van der Waals surface area contributed by atoms with Crippen LogP contribution in [0.15, 0.2) is 12.4 Å². The van der Waals surface area contributed by atoms with Gasteiger partial charge in [-0.05, 0) is 32.3 Å². The molecule has 0 aliphatic rings. The first-order chi connectivity index (χ1) is 6.53. The highest BCUT2D eigenvalue weighted by Crippen LogP contribution is 2.08. The molecule has 1 aromatic rings. The molecule has 0 saturated carbocycles. The van der Waals surface area contributed by atoms with Gasteiger partial charge in [0.05, 0.1) is 12.8 Å². The monoisotopic (exact) mass is 197 g/mol. The maximum absolute atomic E-state index is 8.95. The summed E-state index contributed by atoms with van der Waals surface area (Å²) in [7, 11) is 0. The molecule has 0 saturated heterocycles. The Morgan fingerprint density at radius 2 is 2.36 bits per heavy atom. The van der Waals surface area contributed by atoms with E-state index in [0.717, 1.165) is 19.4 Å². The van der Waals surface area contributed by atoms with E-state index >= 15 is 0 Å². The molecule has 80 valence electrons. The Hall–Kier alpha value is -0.870. The molecule has 0 bridgehead atoms. The minimum Gasteiger partial charge on any atom is -0.394 e. The van der Waals surface area contributed by atoms with Crippen LogP contribution in [0, 0.1) is 6.92 Å². The van der Waals surface area contributed by atoms with Crippen molar-refractivity contribution >= 4 is 0 Å². The molecule has 4 heteroatoms. The first-order valence-electron chi connectivity index (χ1n) is 4.92. The largest absolute Gasteiger partial charge is 0.394 e. The lowest BCUT2D eigenvalue weighted by molar-refractivity contribution is 0.196. The van der Waals surface area contributed by atoms with Crippen LogP contribution < -0.4 is 5.73 Å². The van der Waals surface area contributed by atoms with Crippen molar-refractivity contribution in [1.29, 1.82) is 0 Å². The number of rotatable bonds is 5. The summed E-state index contributed by atoms with van der Waals surface area (Å²) in [5.41, 5.74) is 6.52. The predicted molar refractivity (Wildman–Crippen MR) is 55.9 cm³/mol. The van der Waals surface area contributed by atoms with Gasteiger partial charge in [0, 0.05) is 18.3 Å². The van der Waals surface area contributed by atoms with Crippen LogP contribution in [0.2, 0.25) is 0 Å². The molecule has 4 nitrogen and oxygen atoms in total. The molecule has 1 heterocycles. The minimum absolute atomic E-state index is 0.0329. The van der Waals surface area contributed by atoms with Crippen LogP contribution in [0.25, 0.3) is 0 Å². The third kappa shape index (κ3) is 3.47. The lowest BCUT2D eigenvalue weighted by Crippen LogP contribution is -2.40. The van der Waals surface area contributed by atoms with Gasteiger partial charge < -0.3 is 10.8 Å². The van der Waals surface area contributed by atoms with Crippen molar-refractivity contribution in [3.8, 4) is 0 Å². The van der Waals surface area contributed by atoms with E-state index in [1.165, 1.54) is 5.56 Å². The second kappa shape index (κ2) is 4.57. The van der Waals surface area contributed by atoms with Crippen molar-refractivity contribution < 1.29 is 5.11 Å². The van der Waals surface area contributed by atoms with Crippen molar-refractivity contribution in [3.63, 3.8) is 0 Å². The molecule has 14 heavy (non-hydrogen) atoms. The van der Waals surface area contributed by atoms with E-state index in [0.29, 0.717) is 0 Å². The third-order valence-electron chi connectivity index (χ3n) is 2.26. The summed E-state index contributed by atoms with van der Waals surface area (Å²) in [6, 6.07) is 0. The molecule has 0 fully saturated rings. The molecule has 1 atom stereocenters. The average molecular weight is 197 g/mol. The molecule has 0 spiro atoms. The Morgan fingerprint density at radius 1 is 1.64 bits per heavy atom. The second-order valence-electron chi connectivity index (χ2n) is 4.20. The van der Waals surface area contributed by atoms with Gasteiger partial charge in [-0.15, -0.1) is 0 Å². The number of hydrogen-bond acceptors (Lipinski definition) is 3. The van der Waals surface area contributed by atoms with Crippen LogP contribution in [0.4, 0.5) is 0 Å². The predicted octanol–water partition coefficient (Wildman–Crippen LogP) is 0.681. The molecule has 0 aliphatic heterocycles. The number of nitrogens with zero attached hydrogens (tertiary/aromatic N) is 2. The quantitative estimate of drug-likeness (QED) is 0.729. The van der Waals surface area contributed by atoms with Gasteiger partial charge in [-0.25, -0.2) is 0 Å². The van der Waals surface area contributed by atoms with E-state index in [1.54, 1.807) is 0 Å². The fraction of sp³-hybridized carbons (Fsp3) is 0.700. The summed E-state index contributed by atoms with van der Waals surface area (Å²) >= 11 is 0. The average Bonchev–Trinajstić information content (AvgIpc) is 2.51. The van der Waals surface area contributed by atoms with E-state index < -0.39 is 5.54 Å². The fourth-order valence-electron chi connectivity index (χ4n) is 1.31. The van der Waals surface area contributed by atoms with E-state index in [9.17, 15) is 0 Å². The molecule has 0 radical (unpaired) electrons. The summed E-state index contributed by atoms with van der Waals surface area (Å²) in [4.78, 5) is 0. The van der Waals surface area contributed by atoms with E-state index in [-0.39, 0.29) is 6.61 Å². The molecular formula is C10H19N3O. The van der Waals surface area contributed by atoms with Gasteiger partial charge in [-0.2, -0.15) is 5.10 Å². The Balaban J connectivity index is 2.28. The van der Waals surface area contributed by atoms with Crippen molar-refractivity contribution in [2.45, 2.75) is 38.8 Å². The van der Waals surface area contributed by atoms with Crippen LogP contribution in [0.3, 0.4) is 0 Å². The van der Waals surface area contributed by atoms with Gasteiger partial charge >= 0.3 is 0 Å². The molecule has 1 aromatic heterocycles. The van der Waals surface area contributed by atoms with Crippen LogP contribution in [0.5, 0.6) is 0 Å². The highest BCUT2D eigenvalue weighted by Gasteiger charge is 2.15. The molecule has 0 aromatic carbocycles. The first kappa shape index (κ1) is 11.2. The second-order valence-corrected chi connectivity index (χ2v) is 4.20. The molecule has 0 aliphatic carbocycles. The van der Waals surface area contributed by atoms with Crippen LogP contribution in [-0.2, 0) is 6.54 Å². The maximum atomic E-state index is 8.95.